The number of carbonyl (C=O) groups is 2. The zero-order chi connectivity index (χ0) is 30.5. The molecule has 0 radical (unpaired) electrons. The number of hydrogen-bond acceptors (Lipinski definition) is 4. The van der Waals surface area contributed by atoms with Gasteiger partial charge in [-0.25, -0.2) is 8.42 Å². The Morgan fingerprint density at radius 2 is 1.44 bits per heavy atom. The smallest absolute Gasteiger partial charge is 0.264 e. The molecule has 3 aromatic carbocycles. The van der Waals surface area contributed by atoms with Gasteiger partial charge in [0.1, 0.15) is 12.6 Å². The second kappa shape index (κ2) is 13.7. The molecule has 0 aromatic heterocycles. The van der Waals surface area contributed by atoms with Gasteiger partial charge >= 0.3 is 0 Å². The summed E-state index contributed by atoms with van der Waals surface area (Å²) in [4.78, 5) is 28.8. The van der Waals surface area contributed by atoms with Gasteiger partial charge in [0.2, 0.25) is 11.8 Å². The fraction of sp³-hybridized carbons (Fsp3) is 0.310. The molecule has 1 N–H and O–H groups in total. The van der Waals surface area contributed by atoms with Gasteiger partial charge < -0.3 is 10.2 Å². The summed E-state index contributed by atoms with van der Waals surface area (Å²) in [6, 6.07) is 16.0. The molecule has 7 nitrogen and oxygen atoms in total. The minimum Gasteiger partial charge on any atom is -0.350 e. The Kier molecular flexibility index (Phi) is 11.0. The molecule has 0 aliphatic heterocycles. The van der Waals surface area contributed by atoms with Gasteiger partial charge in [0.05, 0.1) is 30.7 Å². The molecule has 0 saturated carbocycles. The monoisotopic (exact) mass is 657 g/mol. The van der Waals surface area contributed by atoms with E-state index >= 15 is 0 Å². The summed E-state index contributed by atoms with van der Waals surface area (Å²) in [6.45, 7) is 6.64. The molecule has 12 heteroatoms. The molecule has 3 rings (SSSR count). The predicted octanol–water partition coefficient (Wildman–Crippen LogP) is 7.22. The summed E-state index contributed by atoms with van der Waals surface area (Å²) in [6.07, 6.45) is 0.271. The van der Waals surface area contributed by atoms with Crippen molar-refractivity contribution in [1.82, 2.24) is 10.2 Å². The van der Waals surface area contributed by atoms with Gasteiger partial charge in [0.15, 0.2) is 0 Å². The minimum absolute atomic E-state index is 0.0209. The molecule has 1 atom stereocenters. The molecule has 0 spiro atoms. The van der Waals surface area contributed by atoms with Gasteiger partial charge in [0, 0.05) is 12.1 Å². The van der Waals surface area contributed by atoms with Gasteiger partial charge in [-0.15, -0.1) is 0 Å². The molecule has 0 heterocycles. The van der Waals surface area contributed by atoms with Crippen LogP contribution in [0.1, 0.15) is 39.7 Å². The average molecular weight is 659 g/mol. The quantitative estimate of drug-likeness (QED) is 0.249. The zero-order valence-electron chi connectivity index (χ0n) is 23.0. The highest BCUT2D eigenvalue weighted by Crippen LogP contribution is 2.31. The largest absolute Gasteiger partial charge is 0.350 e. The van der Waals surface area contributed by atoms with Crippen LogP contribution in [0.3, 0.4) is 0 Å². The Morgan fingerprint density at radius 3 is 1.98 bits per heavy atom. The maximum atomic E-state index is 14.1. The second-order valence-corrected chi connectivity index (χ2v) is 13.8. The van der Waals surface area contributed by atoms with Gasteiger partial charge in [-0.05, 0) is 75.2 Å². The first-order valence-electron chi connectivity index (χ1n) is 12.7. The lowest BCUT2D eigenvalue weighted by atomic mass is 10.1. The SMILES string of the molecule is CC[C@@H](C(=O)NC(C)(C)C)N(Cc1ccc(Cl)c(Cl)c1)C(=O)CN(c1ccc(Cl)c(Cl)c1)S(=O)(=O)c1ccccc1. The molecular formula is C29H31Cl4N3O4S. The van der Waals surface area contributed by atoms with Crippen LogP contribution in [0.5, 0.6) is 0 Å². The Morgan fingerprint density at radius 1 is 0.854 bits per heavy atom. The highest BCUT2D eigenvalue weighted by atomic mass is 35.5. The van der Waals surface area contributed by atoms with Gasteiger partial charge in [0.25, 0.3) is 10.0 Å². The van der Waals surface area contributed by atoms with Crippen LogP contribution in [0.25, 0.3) is 0 Å². The van der Waals surface area contributed by atoms with Crippen molar-refractivity contribution in [2.75, 3.05) is 10.8 Å². The van der Waals surface area contributed by atoms with E-state index in [1.54, 1.807) is 43.3 Å². The van der Waals surface area contributed by atoms with Crippen LogP contribution >= 0.6 is 46.4 Å². The van der Waals surface area contributed by atoms with Crippen molar-refractivity contribution in [3.05, 3.63) is 92.4 Å². The van der Waals surface area contributed by atoms with Crippen molar-refractivity contribution in [1.29, 1.82) is 0 Å². The van der Waals surface area contributed by atoms with E-state index in [9.17, 15) is 18.0 Å². The van der Waals surface area contributed by atoms with Crippen LogP contribution in [-0.4, -0.2) is 43.3 Å². The zero-order valence-corrected chi connectivity index (χ0v) is 26.8. The van der Waals surface area contributed by atoms with Gasteiger partial charge in [-0.3, -0.25) is 13.9 Å². The van der Waals surface area contributed by atoms with E-state index in [1.807, 2.05) is 20.8 Å². The molecule has 0 aliphatic carbocycles. The lowest BCUT2D eigenvalue weighted by Crippen LogP contribution is -2.55. The summed E-state index contributed by atoms with van der Waals surface area (Å²) in [5.74, 6) is -0.988. The normalized spacial score (nSPS) is 12.5. The summed E-state index contributed by atoms with van der Waals surface area (Å²) >= 11 is 24.7. The van der Waals surface area contributed by atoms with E-state index in [4.69, 9.17) is 46.4 Å². The first-order chi connectivity index (χ1) is 19.1. The predicted molar refractivity (Wildman–Crippen MR) is 166 cm³/mol. The fourth-order valence-corrected chi connectivity index (χ4v) is 6.14. The molecule has 0 bridgehead atoms. The number of nitrogens with one attached hydrogen (secondary N) is 1. The van der Waals surface area contributed by atoms with Crippen molar-refractivity contribution in [3.8, 4) is 0 Å². The molecular weight excluding hydrogens is 628 g/mol. The number of hydrogen-bond donors (Lipinski definition) is 1. The first-order valence-corrected chi connectivity index (χ1v) is 15.7. The van der Waals surface area contributed by atoms with Crippen molar-refractivity contribution in [2.24, 2.45) is 0 Å². The minimum atomic E-state index is -4.23. The lowest BCUT2D eigenvalue weighted by molar-refractivity contribution is -0.141. The molecule has 41 heavy (non-hydrogen) atoms. The molecule has 0 fully saturated rings. The number of rotatable bonds is 10. The molecule has 0 saturated heterocycles. The maximum Gasteiger partial charge on any atom is 0.264 e. The summed E-state index contributed by atoms with van der Waals surface area (Å²) in [5, 5.41) is 3.89. The third kappa shape index (κ3) is 8.52. The van der Waals surface area contributed by atoms with Crippen molar-refractivity contribution >= 4 is 73.9 Å². The first kappa shape index (κ1) is 33.0. The van der Waals surface area contributed by atoms with Crippen LogP contribution in [0.15, 0.2) is 71.6 Å². The Labute approximate surface area is 261 Å². The molecule has 3 aromatic rings. The van der Waals surface area contributed by atoms with Crippen molar-refractivity contribution in [2.45, 2.75) is 57.1 Å². The second-order valence-electron chi connectivity index (χ2n) is 10.4. The van der Waals surface area contributed by atoms with Crippen molar-refractivity contribution in [3.63, 3.8) is 0 Å². The topological polar surface area (TPSA) is 86.8 Å². The Hall–Kier alpha value is -2.49. The van der Waals surface area contributed by atoms with Crippen LogP contribution in [0.2, 0.25) is 20.1 Å². The highest BCUT2D eigenvalue weighted by molar-refractivity contribution is 7.92. The molecule has 220 valence electrons. The molecule has 0 aliphatic rings. The Balaban J connectivity index is 2.10. The van der Waals surface area contributed by atoms with Gasteiger partial charge in [-0.1, -0.05) is 77.6 Å². The van der Waals surface area contributed by atoms with Gasteiger partial charge in [-0.2, -0.15) is 0 Å². The van der Waals surface area contributed by atoms with Crippen LogP contribution in [0.4, 0.5) is 5.69 Å². The van der Waals surface area contributed by atoms with Crippen LogP contribution < -0.4 is 9.62 Å². The number of nitrogens with zero attached hydrogens (tertiary/aromatic N) is 2. The number of carbonyl (C=O) groups excluding carboxylic acids is 2. The highest BCUT2D eigenvalue weighted by Gasteiger charge is 2.34. The Bertz CT molecular complexity index is 1510. The number of anilines is 1. The van der Waals surface area contributed by atoms with E-state index < -0.39 is 34.1 Å². The van der Waals surface area contributed by atoms with E-state index in [0.717, 1.165) is 4.31 Å². The summed E-state index contributed by atoms with van der Waals surface area (Å²) in [7, 11) is -4.23. The number of sulfonamides is 1. The van der Waals surface area contributed by atoms with Crippen LogP contribution in [-0.2, 0) is 26.2 Å². The molecule has 2 amide bonds. The van der Waals surface area contributed by atoms with E-state index in [1.165, 1.54) is 35.2 Å². The standard InChI is InChI=1S/C29H31Cl4N3O4S/c1-5-26(28(38)34-29(2,3)4)35(17-19-11-13-22(30)24(32)15-19)27(37)18-36(20-12-14-23(31)25(33)16-20)41(39,40)21-9-7-6-8-10-21/h6-16,26H,5,17-18H2,1-4H3,(H,34,38)/t26-/m0/s1. The summed E-state index contributed by atoms with van der Waals surface area (Å²) in [5.41, 5.74) is 0.186. The number of halogens is 4. The van der Waals surface area contributed by atoms with Crippen LogP contribution in [0, 0.1) is 0 Å². The van der Waals surface area contributed by atoms with E-state index in [-0.39, 0.29) is 44.5 Å². The number of amides is 2. The fourth-order valence-electron chi connectivity index (χ4n) is 4.10. The van der Waals surface area contributed by atoms with Crippen molar-refractivity contribution < 1.29 is 18.0 Å². The van der Waals surface area contributed by atoms with E-state index in [2.05, 4.69) is 5.32 Å². The average Bonchev–Trinajstić information content (AvgIpc) is 2.90. The number of benzene rings is 3. The maximum absolute atomic E-state index is 14.1. The molecule has 0 unspecified atom stereocenters. The lowest BCUT2D eigenvalue weighted by Gasteiger charge is -2.35. The summed E-state index contributed by atoms with van der Waals surface area (Å²) < 4.78 is 28.7. The third-order valence-electron chi connectivity index (χ3n) is 6.02. The van der Waals surface area contributed by atoms with E-state index in [0.29, 0.717) is 10.6 Å². The third-order valence-corrected chi connectivity index (χ3v) is 9.29.